The summed E-state index contributed by atoms with van der Waals surface area (Å²) in [6.45, 7) is 1.45. The van der Waals surface area contributed by atoms with E-state index in [1.54, 1.807) is 0 Å². The minimum Gasteiger partial charge on any atom is -0.392 e. The molecule has 0 aromatic heterocycles. The fourth-order valence-corrected chi connectivity index (χ4v) is 3.06. The zero-order valence-corrected chi connectivity index (χ0v) is 12.8. The topological polar surface area (TPSA) is 121 Å². The summed E-state index contributed by atoms with van der Waals surface area (Å²) in [7, 11) is 0. The lowest BCUT2D eigenvalue weighted by Gasteiger charge is -2.21. The van der Waals surface area contributed by atoms with Gasteiger partial charge in [0.25, 0.3) is 0 Å². The van der Waals surface area contributed by atoms with E-state index in [0.717, 1.165) is 0 Å². The Hall–Kier alpha value is -1.83. The van der Waals surface area contributed by atoms with Crippen molar-refractivity contribution in [1.82, 2.24) is 0 Å². The lowest BCUT2D eigenvalue weighted by molar-refractivity contribution is -0.151. The Morgan fingerprint density at radius 2 is 1.91 bits per heavy atom. The second-order valence-corrected chi connectivity index (χ2v) is 5.73. The monoisotopic (exact) mass is 324 g/mol. The molecule has 0 spiro atoms. The average molecular weight is 324 g/mol. The van der Waals surface area contributed by atoms with E-state index in [0.29, 0.717) is 12.8 Å². The van der Waals surface area contributed by atoms with Crippen molar-refractivity contribution in [3.05, 3.63) is 22.8 Å². The van der Waals surface area contributed by atoms with Crippen LogP contribution in [0.3, 0.4) is 0 Å². The van der Waals surface area contributed by atoms with E-state index in [1.165, 1.54) is 6.08 Å². The van der Waals surface area contributed by atoms with Gasteiger partial charge in [-0.2, -0.15) is 0 Å². The first kappa shape index (κ1) is 17.5. The van der Waals surface area contributed by atoms with Gasteiger partial charge in [0.05, 0.1) is 23.9 Å². The van der Waals surface area contributed by atoms with Gasteiger partial charge in [0, 0.05) is 18.8 Å². The molecule has 0 bridgehead atoms. The molecular weight excluding hydrogens is 304 g/mol. The van der Waals surface area contributed by atoms with Crippen molar-refractivity contribution >= 4 is 17.7 Å². The molecule has 1 heterocycles. The second-order valence-electron chi connectivity index (χ2n) is 5.73. The molecule has 0 amide bonds. The van der Waals surface area contributed by atoms with Crippen molar-refractivity contribution in [2.24, 2.45) is 5.92 Å². The van der Waals surface area contributed by atoms with E-state index in [-0.39, 0.29) is 36.2 Å². The molecule has 23 heavy (non-hydrogen) atoms. The van der Waals surface area contributed by atoms with Crippen LogP contribution >= 0.6 is 0 Å². The number of ether oxygens (including phenoxy) is 1. The van der Waals surface area contributed by atoms with Gasteiger partial charge in [0.2, 0.25) is 0 Å². The molecule has 0 saturated carbocycles. The van der Waals surface area contributed by atoms with E-state index in [2.05, 4.69) is 4.74 Å². The van der Waals surface area contributed by atoms with Crippen molar-refractivity contribution in [1.29, 1.82) is 0 Å². The van der Waals surface area contributed by atoms with E-state index >= 15 is 0 Å². The van der Waals surface area contributed by atoms with E-state index < -0.39 is 35.8 Å². The normalized spacial score (nSPS) is 30.9. The van der Waals surface area contributed by atoms with Crippen LogP contribution in [-0.4, -0.2) is 51.9 Å². The summed E-state index contributed by atoms with van der Waals surface area (Å²) >= 11 is 0. The van der Waals surface area contributed by atoms with Gasteiger partial charge in [-0.25, -0.2) is 9.59 Å². The molecule has 1 aliphatic carbocycles. The molecule has 0 aromatic carbocycles. The predicted molar refractivity (Wildman–Crippen MR) is 77.9 cm³/mol. The Morgan fingerprint density at radius 3 is 2.52 bits per heavy atom. The minimum atomic E-state index is -1.48. The number of aliphatic hydroxyl groups excluding tert-OH is 3. The number of aliphatic hydroxyl groups is 3. The Morgan fingerprint density at radius 1 is 1.22 bits per heavy atom. The van der Waals surface area contributed by atoms with Gasteiger partial charge >= 0.3 is 11.9 Å². The molecule has 126 valence electrons. The molecule has 0 fully saturated rings. The molecule has 0 radical (unpaired) electrons. The standard InChI is InChI=1S/C16H20O7/c1-2-3-9-13-10(15(21)23-16(13)22)6-8(4-5-17)11(18)7-12(19)14(9)20/h4,9,11,14,17-18,20H,2-3,5-7H2,1H3/b8-4-/t9-,11+,14-/m1/s1. The van der Waals surface area contributed by atoms with E-state index in [4.69, 9.17) is 5.11 Å². The largest absolute Gasteiger partial charge is 0.392 e. The zero-order chi connectivity index (χ0) is 17.1. The Labute approximate surface area is 133 Å². The molecular formula is C16H20O7. The molecule has 7 nitrogen and oxygen atoms in total. The summed E-state index contributed by atoms with van der Waals surface area (Å²) in [6.07, 6.45) is -0.925. The van der Waals surface area contributed by atoms with Gasteiger partial charge < -0.3 is 20.1 Å². The highest BCUT2D eigenvalue weighted by Gasteiger charge is 2.43. The summed E-state index contributed by atoms with van der Waals surface area (Å²) < 4.78 is 4.64. The van der Waals surface area contributed by atoms with Crippen molar-refractivity contribution in [2.75, 3.05) is 6.61 Å². The van der Waals surface area contributed by atoms with Crippen LogP contribution in [0.5, 0.6) is 0 Å². The zero-order valence-electron chi connectivity index (χ0n) is 12.8. The van der Waals surface area contributed by atoms with E-state index in [9.17, 15) is 24.6 Å². The van der Waals surface area contributed by atoms with Crippen LogP contribution in [0.4, 0.5) is 0 Å². The van der Waals surface area contributed by atoms with Crippen molar-refractivity contribution in [2.45, 2.75) is 44.8 Å². The first-order valence-corrected chi connectivity index (χ1v) is 7.58. The molecule has 3 N–H and O–H groups in total. The molecule has 0 unspecified atom stereocenters. The van der Waals surface area contributed by atoms with Crippen LogP contribution in [-0.2, 0) is 19.1 Å². The lowest BCUT2D eigenvalue weighted by Crippen LogP contribution is -2.34. The fourth-order valence-electron chi connectivity index (χ4n) is 3.06. The summed E-state index contributed by atoms with van der Waals surface area (Å²) in [5, 5.41) is 29.5. The summed E-state index contributed by atoms with van der Waals surface area (Å²) in [6, 6.07) is 0. The summed E-state index contributed by atoms with van der Waals surface area (Å²) in [4.78, 5) is 36.2. The quantitative estimate of drug-likeness (QED) is 0.373. The maximum absolute atomic E-state index is 12.2. The number of hydrogen-bond donors (Lipinski definition) is 3. The van der Waals surface area contributed by atoms with Gasteiger partial charge in [-0.05, 0) is 12.0 Å². The number of carbonyl (C=O) groups is 3. The van der Waals surface area contributed by atoms with Crippen LogP contribution in [0, 0.1) is 5.92 Å². The van der Waals surface area contributed by atoms with Gasteiger partial charge in [-0.1, -0.05) is 19.4 Å². The van der Waals surface area contributed by atoms with Gasteiger partial charge in [0.1, 0.15) is 6.10 Å². The molecule has 0 aromatic rings. The minimum absolute atomic E-state index is 0.00985. The molecule has 7 heteroatoms. The van der Waals surface area contributed by atoms with Gasteiger partial charge in [-0.3, -0.25) is 4.79 Å². The third kappa shape index (κ3) is 3.41. The summed E-state index contributed by atoms with van der Waals surface area (Å²) in [5.74, 6) is -3.12. The number of carbonyl (C=O) groups excluding carboxylic acids is 3. The molecule has 1 aliphatic heterocycles. The highest BCUT2D eigenvalue weighted by atomic mass is 16.6. The van der Waals surface area contributed by atoms with E-state index in [1.807, 2.05) is 6.92 Å². The van der Waals surface area contributed by atoms with Gasteiger partial charge in [0.15, 0.2) is 5.78 Å². The molecule has 2 aliphatic rings. The van der Waals surface area contributed by atoms with Gasteiger partial charge in [-0.15, -0.1) is 0 Å². The Kier molecular flexibility index (Phi) is 5.46. The number of cyclic esters (lactones) is 2. The fraction of sp³-hybridized carbons (Fsp3) is 0.562. The first-order chi connectivity index (χ1) is 10.9. The SMILES string of the molecule is CCC[C@@H]1C2=C(C/C(=C/CO)[C@@H](O)CC(=O)[C@@H]1O)C(=O)OC2=O. The number of esters is 2. The smallest absolute Gasteiger partial charge is 0.342 e. The van der Waals surface area contributed by atoms with Crippen LogP contribution in [0.25, 0.3) is 0 Å². The first-order valence-electron chi connectivity index (χ1n) is 7.58. The third-order valence-corrected chi connectivity index (χ3v) is 4.22. The number of ketones is 1. The van der Waals surface area contributed by atoms with Crippen LogP contribution in [0.15, 0.2) is 22.8 Å². The van der Waals surface area contributed by atoms with Crippen molar-refractivity contribution in [3.8, 4) is 0 Å². The summed E-state index contributed by atoms with van der Waals surface area (Å²) in [5.41, 5.74) is 0.306. The Balaban J connectivity index is 2.57. The van der Waals surface area contributed by atoms with Crippen molar-refractivity contribution < 1.29 is 34.4 Å². The number of rotatable bonds is 3. The highest BCUT2D eigenvalue weighted by Crippen LogP contribution is 2.36. The number of Topliss-reactive ketones (excluding diaryl/α,β-unsaturated/α-hetero) is 1. The molecule has 0 saturated heterocycles. The maximum Gasteiger partial charge on any atom is 0.342 e. The average Bonchev–Trinajstić information content (AvgIpc) is 2.78. The second kappa shape index (κ2) is 7.16. The van der Waals surface area contributed by atoms with Crippen molar-refractivity contribution in [3.63, 3.8) is 0 Å². The van der Waals surface area contributed by atoms with Crippen LogP contribution in [0.1, 0.15) is 32.6 Å². The predicted octanol–water partition coefficient (Wildman–Crippen LogP) is -0.214. The molecule has 2 rings (SSSR count). The maximum atomic E-state index is 12.2. The number of hydrogen-bond acceptors (Lipinski definition) is 7. The van der Waals surface area contributed by atoms with Crippen LogP contribution < -0.4 is 0 Å². The Bertz CT molecular complexity index is 587. The lowest BCUT2D eigenvalue weighted by atomic mass is 9.84. The third-order valence-electron chi connectivity index (χ3n) is 4.22. The van der Waals surface area contributed by atoms with Crippen LogP contribution in [0.2, 0.25) is 0 Å². The molecule has 3 atom stereocenters. The highest BCUT2D eigenvalue weighted by molar-refractivity contribution is 6.13.